The summed E-state index contributed by atoms with van der Waals surface area (Å²) in [6.07, 6.45) is 8.24. The van der Waals surface area contributed by atoms with E-state index in [9.17, 15) is 9.59 Å². The minimum absolute atomic E-state index is 0.0984. The second kappa shape index (κ2) is 5.62. The lowest BCUT2D eigenvalue weighted by atomic mass is 10.0. The number of terminal acetylenes is 1. The highest BCUT2D eigenvalue weighted by atomic mass is 16.2. The van der Waals surface area contributed by atoms with Gasteiger partial charge in [0, 0.05) is 18.1 Å². The molecule has 2 aromatic rings. The van der Waals surface area contributed by atoms with E-state index in [1.807, 2.05) is 24.3 Å². The van der Waals surface area contributed by atoms with Gasteiger partial charge < -0.3 is 0 Å². The Bertz CT molecular complexity index is 759. The van der Waals surface area contributed by atoms with E-state index in [2.05, 4.69) is 19.8 Å². The van der Waals surface area contributed by atoms with E-state index in [0.717, 1.165) is 0 Å². The fourth-order valence-electron chi connectivity index (χ4n) is 1.95. The molecule has 102 valence electrons. The Kier molecular flexibility index (Phi) is 3.90. The monoisotopic (exact) mass is 268 g/mol. The maximum absolute atomic E-state index is 12.0. The number of benzene rings is 1. The lowest BCUT2D eigenvalue weighted by Gasteiger charge is -2.09. The van der Waals surface area contributed by atoms with E-state index in [1.54, 1.807) is 6.20 Å². The second-order valence-corrected chi connectivity index (χ2v) is 4.86. The van der Waals surface area contributed by atoms with Crippen molar-refractivity contribution in [2.45, 2.75) is 26.3 Å². The lowest BCUT2D eigenvalue weighted by Crippen LogP contribution is -2.39. The van der Waals surface area contributed by atoms with Crippen molar-refractivity contribution in [3.05, 3.63) is 62.9 Å². The highest BCUT2D eigenvalue weighted by molar-refractivity contribution is 5.35. The summed E-state index contributed by atoms with van der Waals surface area (Å²) in [6.45, 7) is 4.30. The predicted molar refractivity (Wildman–Crippen MR) is 79.2 cm³/mol. The Balaban J connectivity index is 2.49. The molecule has 0 saturated heterocycles. The third-order valence-electron chi connectivity index (χ3n) is 3.16. The largest absolute Gasteiger partial charge is 0.321 e. The maximum atomic E-state index is 12.0. The van der Waals surface area contributed by atoms with Crippen LogP contribution in [-0.4, -0.2) is 9.13 Å². The summed E-state index contributed by atoms with van der Waals surface area (Å²) < 4.78 is 2.56. The molecule has 4 nitrogen and oxygen atoms in total. The van der Waals surface area contributed by atoms with Crippen LogP contribution in [0.4, 0.5) is 0 Å². The maximum Gasteiger partial charge on any atom is 0.321 e. The van der Waals surface area contributed by atoms with Crippen LogP contribution in [0.5, 0.6) is 0 Å². The fourth-order valence-corrected chi connectivity index (χ4v) is 1.95. The first kappa shape index (κ1) is 13.9. The summed E-state index contributed by atoms with van der Waals surface area (Å²) in [7, 11) is 0. The van der Waals surface area contributed by atoms with Gasteiger partial charge in [-0.05, 0) is 23.6 Å². The van der Waals surface area contributed by atoms with Crippen molar-refractivity contribution in [2.24, 2.45) is 0 Å². The van der Waals surface area contributed by atoms with Crippen LogP contribution in [-0.2, 0) is 6.54 Å². The molecule has 1 aromatic carbocycles. The molecule has 0 bridgehead atoms. The van der Waals surface area contributed by atoms with E-state index >= 15 is 0 Å². The first-order valence-electron chi connectivity index (χ1n) is 6.40. The van der Waals surface area contributed by atoms with Crippen LogP contribution in [0, 0.1) is 12.3 Å². The molecule has 4 heteroatoms. The molecular formula is C16H16N2O2. The van der Waals surface area contributed by atoms with Gasteiger partial charge >= 0.3 is 11.1 Å². The van der Waals surface area contributed by atoms with Crippen molar-refractivity contribution in [3.63, 3.8) is 0 Å². The van der Waals surface area contributed by atoms with Crippen molar-refractivity contribution < 1.29 is 0 Å². The summed E-state index contributed by atoms with van der Waals surface area (Å²) in [5.74, 6) is 2.77. The molecule has 0 N–H and O–H groups in total. The van der Waals surface area contributed by atoms with E-state index in [1.165, 1.54) is 20.9 Å². The Labute approximate surface area is 117 Å². The van der Waals surface area contributed by atoms with Gasteiger partial charge in [0.1, 0.15) is 0 Å². The van der Waals surface area contributed by atoms with E-state index in [4.69, 9.17) is 6.42 Å². The van der Waals surface area contributed by atoms with Crippen molar-refractivity contribution in [1.82, 2.24) is 9.13 Å². The molecule has 0 fully saturated rings. The van der Waals surface area contributed by atoms with Gasteiger partial charge in [-0.2, -0.15) is 0 Å². The van der Waals surface area contributed by atoms with Crippen LogP contribution in [0.1, 0.15) is 25.3 Å². The van der Waals surface area contributed by atoms with E-state index in [0.29, 0.717) is 11.6 Å². The number of rotatable bonds is 3. The molecule has 20 heavy (non-hydrogen) atoms. The second-order valence-electron chi connectivity index (χ2n) is 4.86. The Morgan fingerprint density at radius 3 is 2.30 bits per heavy atom. The SMILES string of the molecule is C#CCn1ccn(-c2ccc(C(C)C)cc2)c(=O)c1=O. The summed E-state index contributed by atoms with van der Waals surface area (Å²) in [4.78, 5) is 23.9. The zero-order valence-electron chi connectivity index (χ0n) is 11.5. The molecule has 0 amide bonds. The van der Waals surface area contributed by atoms with E-state index < -0.39 is 11.1 Å². The lowest BCUT2D eigenvalue weighted by molar-refractivity contribution is 0.744. The average molecular weight is 268 g/mol. The van der Waals surface area contributed by atoms with Crippen LogP contribution in [0.25, 0.3) is 5.69 Å². The van der Waals surface area contributed by atoms with Crippen molar-refractivity contribution in [2.75, 3.05) is 0 Å². The van der Waals surface area contributed by atoms with Gasteiger partial charge in [-0.25, -0.2) is 0 Å². The molecule has 0 aliphatic rings. The molecule has 0 atom stereocenters. The summed E-state index contributed by atoms with van der Waals surface area (Å²) >= 11 is 0. The van der Waals surface area contributed by atoms with Crippen molar-refractivity contribution in [3.8, 4) is 18.0 Å². The summed E-state index contributed by atoms with van der Waals surface area (Å²) in [5, 5.41) is 0. The standard InChI is InChI=1S/C16H16N2O2/c1-4-9-17-10-11-18(16(20)15(17)19)14-7-5-13(6-8-14)12(2)3/h1,5-8,10-12H,9H2,2-3H3. The number of nitrogens with zero attached hydrogens (tertiary/aromatic N) is 2. The van der Waals surface area contributed by atoms with Gasteiger partial charge in [0.25, 0.3) is 0 Å². The summed E-state index contributed by atoms with van der Waals surface area (Å²) in [6, 6.07) is 7.59. The van der Waals surface area contributed by atoms with Crippen molar-refractivity contribution in [1.29, 1.82) is 0 Å². The quantitative estimate of drug-likeness (QED) is 0.629. The van der Waals surface area contributed by atoms with Crippen LogP contribution >= 0.6 is 0 Å². The molecule has 2 rings (SSSR count). The van der Waals surface area contributed by atoms with Gasteiger partial charge in [0.2, 0.25) is 0 Å². The minimum Gasteiger partial charge on any atom is -0.298 e. The molecule has 1 aromatic heterocycles. The Hall–Kier alpha value is -2.54. The normalized spacial score (nSPS) is 10.5. The van der Waals surface area contributed by atoms with Crippen LogP contribution in [0.15, 0.2) is 46.2 Å². The molecule has 0 aliphatic carbocycles. The Morgan fingerprint density at radius 1 is 1.10 bits per heavy atom. The third kappa shape index (κ3) is 2.57. The Morgan fingerprint density at radius 2 is 1.75 bits per heavy atom. The zero-order valence-corrected chi connectivity index (χ0v) is 11.5. The first-order chi connectivity index (χ1) is 9.54. The molecule has 0 aliphatic heterocycles. The highest BCUT2D eigenvalue weighted by Gasteiger charge is 2.06. The molecule has 0 saturated carbocycles. The van der Waals surface area contributed by atoms with Crippen LogP contribution < -0.4 is 11.1 Å². The topological polar surface area (TPSA) is 44.0 Å². The molecule has 0 unspecified atom stereocenters. The van der Waals surface area contributed by atoms with Gasteiger partial charge in [0.15, 0.2) is 0 Å². The summed E-state index contributed by atoms with van der Waals surface area (Å²) in [5.41, 5.74) is 0.644. The van der Waals surface area contributed by atoms with Crippen LogP contribution in [0.3, 0.4) is 0 Å². The van der Waals surface area contributed by atoms with Crippen LogP contribution in [0.2, 0.25) is 0 Å². The molecule has 0 spiro atoms. The number of aromatic nitrogens is 2. The van der Waals surface area contributed by atoms with Gasteiger partial charge in [-0.3, -0.25) is 18.7 Å². The average Bonchev–Trinajstić information content (AvgIpc) is 2.44. The van der Waals surface area contributed by atoms with E-state index in [-0.39, 0.29) is 6.54 Å². The number of hydrogen-bond acceptors (Lipinski definition) is 2. The van der Waals surface area contributed by atoms with Gasteiger partial charge in [-0.15, -0.1) is 6.42 Å². The third-order valence-corrected chi connectivity index (χ3v) is 3.16. The fraction of sp³-hybridized carbons (Fsp3) is 0.250. The minimum atomic E-state index is -0.613. The van der Waals surface area contributed by atoms with Gasteiger partial charge in [-0.1, -0.05) is 31.9 Å². The zero-order chi connectivity index (χ0) is 14.7. The molecule has 0 radical (unpaired) electrons. The smallest absolute Gasteiger partial charge is 0.298 e. The predicted octanol–water partition coefficient (Wildman–Crippen LogP) is 1.76. The van der Waals surface area contributed by atoms with Crippen molar-refractivity contribution >= 4 is 0 Å². The first-order valence-corrected chi connectivity index (χ1v) is 6.40. The van der Waals surface area contributed by atoms with Gasteiger partial charge in [0.05, 0.1) is 6.54 Å². The molecule has 1 heterocycles. The number of hydrogen-bond donors (Lipinski definition) is 0. The highest BCUT2D eigenvalue weighted by Crippen LogP contribution is 2.15. The molecular weight excluding hydrogens is 252 g/mol.